The number of esters is 1. The summed E-state index contributed by atoms with van der Waals surface area (Å²) in [5, 5.41) is 0.557. The molecule has 4 rings (SSSR count). The number of rotatable bonds is 7. The van der Waals surface area contributed by atoms with Crippen LogP contribution in [0.1, 0.15) is 31.0 Å². The molecule has 1 aliphatic heterocycles. The van der Waals surface area contributed by atoms with Gasteiger partial charge >= 0.3 is 5.97 Å². The number of benzene rings is 2. The molecule has 0 radical (unpaired) electrons. The average Bonchev–Trinajstić information content (AvgIpc) is 3.12. The van der Waals surface area contributed by atoms with Crippen molar-refractivity contribution in [1.29, 1.82) is 0 Å². The van der Waals surface area contributed by atoms with Gasteiger partial charge in [-0.05, 0) is 87.2 Å². The minimum absolute atomic E-state index is 0.212. The second-order valence-corrected chi connectivity index (χ2v) is 10.9. The molecular weight excluding hydrogens is 632 g/mol. The van der Waals surface area contributed by atoms with Gasteiger partial charge in [-0.1, -0.05) is 47.7 Å². The van der Waals surface area contributed by atoms with E-state index in [1.807, 2.05) is 12.1 Å². The molecule has 0 saturated carbocycles. The minimum atomic E-state index is -0.687. The van der Waals surface area contributed by atoms with E-state index in [4.69, 9.17) is 21.1 Å². The van der Waals surface area contributed by atoms with Gasteiger partial charge in [-0.25, -0.2) is 9.79 Å². The number of nitrogens with zero attached hydrogens (tertiary/aromatic N) is 2. The van der Waals surface area contributed by atoms with Crippen LogP contribution < -0.4 is 19.6 Å². The summed E-state index contributed by atoms with van der Waals surface area (Å²) in [6.07, 6.45) is 3.45. The van der Waals surface area contributed by atoms with Gasteiger partial charge < -0.3 is 9.47 Å². The van der Waals surface area contributed by atoms with Crippen molar-refractivity contribution >= 4 is 66.8 Å². The summed E-state index contributed by atoms with van der Waals surface area (Å²) >= 11 is 14.4. The molecule has 0 spiro atoms. The summed E-state index contributed by atoms with van der Waals surface area (Å²) in [6.45, 7) is 7.74. The summed E-state index contributed by atoms with van der Waals surface area (Å²) in [5.41, 5.74) is 2.10. The minimum Gasteiger partial charge on any atom is -0.487 e. The second kappa shape index (κ2) is 11.3. The summed E-state index contributed by atoms with van der Waals surface area (Å²) in [4.78, 5) is 31.7. The van der Waals surface area contributed by atoms with Gasteiger partial charge in [0.25, 0.3) is 5.56 Å². The molecule has 2 heterocycles. The van der Waals surface area contributed by atoms with E-state index in [1.54, 1.807) is 54.8 Å². The number of thiazole rings is 1. The number of fused-ring (bicyclic) bond motifs is 1. The molecule has 1 atom stereocenters. The molecule has 1 aliphatic rings. The fourth-order valence-electron chi connectivity index (χ4n) is 3.85. The quantitative estimate of drug-likeness (QED) is 0.248. The van der Waals surface area contributed by atoms with Crippen molar-refractivity contribution in [2.45, 2.75) is 19.9 Å². The molecule has 0 saturated heterocycles. The number of allylic oxidation sites excluding steroid dienone is 1. The third-order valence-corrected chi connectivity index (χ3v) is 7.78. The average molecular weight is 653 g/mol. The van der Waals surface area contributed by atoms with Gasteiger partial charge in [-0.3, -0.25) is 9.36 Å². The summed E-state index contributed by atoms with van der Waals surface area (Å²) in [7, 11) is 0. The normalized spacial score (nSPS) is 15.4. The third kappa shape index (κ3) is 5.29. The van der Waals surface area contributed by atoms with Gasteiger partial charge in [-0.2, -0.15) is 0 Å². The Morgan fingerprint density at radius 2 is 1.92 bits per heavy atom. The van der Waals surface area contributed by atoms with Crippen molar-refractivity contribution in [3.63, 3.8) is 0 Å². The SMILES string of the molecule is C=CCOc1c(Br)cc(C=c2sc3n(c2=O)[C@@H](c2ccc(Cl)cc2)C(C(=O)OCC)=C(C)N=3)cc1Br. The van der Waals surface area contributed by atoms with Crippen LogP contribution in [-0.2, 0) is 9.53 Å². The van der Waals surface area contributed by atoms with Crippen molar-refractivity contribution in [2.24, 2.45) is 4.99 Å². The van der Waals surface area contributed by atoms with Crippen LogP contribution in [0.2, 0.25) is 5.02 Å². The molecule has 0 amide bonds. The molecule has 0 N–H and O–H groups in total. The molecule has 0 bridgehead atoms. The van der Waals surface area contributed by atoms with E-state index in [1.165, 1.54) is 11.3 Å². The molecule has 0 aliphatic carbocycles. The van der Waals surface area contributed by atoms with E-state index in [9.17, 15) is 9.59 Å². The van der Waals surface area contributed by atoms with E-state index >= 15 is 0 Å². The molecule has 2 aromatic carbocycles. The van der Waals surface area contributed by atoms with Crippen LogP contribution in [0, 0.1) is 0 Å². The van der Waals surface area contributed by atoms with Crippen molar-refractivity contribution in [3.05, 3.63) is 105 Å². The Labute approximate surface area is 233 Å². The lowest BCUT2D eigenvalue weighted by Crippen LogP contribution is -2.39. The Balaban J connectivity index is 1.89. The lowest BCUT2D eigenvalue weighted by atomic mass is 9.96. The smallest absolute Gasteiger partial charge is 0.338 e. The van der Waals surface area contributed by atoms with Crippen molar-refractivity contribution in [1.82, 2.24) is 4.57 Å². The Kier molecular flexibility index (Phi) is 8.34. The van der Waals surface area contributed by atoms with E-state index in [2.05, 4.69) is 43.4 Å². The maximum atomic E-state index is 13.7. The fraction of sp³-hybridized carbons (Fsp3) is 0.192. The maximum Gasteiger partial charge on any atom is 0.338 e. The zero-order valence-corrected chi connectivity index (χ0v) is 24.1. The van der Waals surface area contributed by atoms with Gasteiger partial charge in [0.15, 0.2) is 4.80 Å². The van der Waals surface area contributed by atoms with Gasteiger partial charge in [0, 0.05) is 5.02 Å². The topological polar surface area (TPSA) is 69.9 Å². The van der Waals surface area contributed by atoms with Crippen LogP contribution in [0.3, 0.4) is 0 Å². The number of halogens is 3. The van der Waals surface area contributed by atoms with Crippen LogP contribution in [-0.4, -0.2) is 23.8 Å². The summed E-state index contributed by atoms with van der Waals surface area (Å²) in [5.74, 6) is 0.141. The highest BCUT2D eigenvalue weighted by atomic mass is 79.9. The molecule has 3 aromatic rings. The summed E-state index contributed by atoms with van der Waals surface area (Å²) in [6, 6.07) is 10.1. The Bertz CT molecular complexity index is 1530. The number of carbonyl (C=O) groups is 1. The molecule has 1 aromatic heterocycles. The maximum absolute atomic E-state index is 13.7. The highest BCUT2D eigenvalue weighted by molar-refractivity contribution is 9.11. The Hall–Kier alpha value is -2.46. The van der Waals surface area contributed by atoms with Gasteiger partial charge in [0.05, 0.1) is 37.4 Å². The largest absolute Gasteiger partial charge is 0.487 e. The Morgan fingerprint density at radius 3 is 2.53 bits per heavy atom. The van der Waals surface area contributed by atoms with Crippen LogP contribution in [0.15, 0.2) is 79.1 Å². The lowest BCUT2D eigenvalue weighted by Gasteiger charge is -2.24. The second-order valence-electron chi connectivity index (χ2n) is 7.77. The molecule has 6 nitrogen and oxygen atoms in total. The van der Waals surface area contributed by atoms with Crippen molar-refractivity contribution < 1.29 is 14.3 Å². The first-order valence-electron chi connectivity index (χ1n) is 10.9. The number of hydrogen-bond donors (Lipinski definition) is 0. The van der Waals surface area contributed by atoms with E-state index in [0.29, 0.717) is 38.0 Å². The van der Waals surface area contributed by atoms with E-state index in [-0.39, 0.29) is 12.2 Å². The standard InChI is InChI=1S/C26H21Br2ClN2O4S/c1-4-10-35-23-18(27)11-15(12-19(23)28)13-20-24(32)31-22(16-6-8-17(29)9-7-16)21(25(33)34-5-2)14(3)30-26(31)36-20/h4,6-9,11-13,22H,1,5,10H2,2-3H3/t22-/m0/s1. The Morgan fingerprint density at radius 1 is 1.25 bits per heavy atom. The first kappa shape index (κ1) is 26.6. The van der Waals surface area contributed by atoms with Crippen molar-refractivity contribution in [2.75, 3.05) is 13.2 Å². The zero-order chi connectivity index (χ0) is 26.0. The molecular formula is C26H21Br2ClN2O4S. The highest BCUT2D eigenvalue weighted by Crippen LogP contribution is 2.35. The first-order valence-corrected chi connectivity index (χ1v) is 13.7. The first-order chi connectivity index (χ1) is 17.2. The predicted molar refractivity (Wildman–Crippen MR) is 149 cm³/mol. The third-order valence-electron chi connectivity index (χ3n) is 5.37. The summed E-state index contributed by atoms with van der Waals surface area (Å²) < 4.78 is 14.5. The van der Waals surface area contributed by atoms with Gasteiger partial charge in [-0.15, -0.1) is 0 Å². The van der Waals surface area contributed by atoms with Crippen LogP contribution in [0.5, 0.6) is 5.75 Å². The van der Waals surface area contributed by atoms with Gasteiger partial charge in [0.1, 0.15) is 12.4 Å². The number of ether oxygens (including phenoxy) is 2. The van der Waals surface area contributed by atoms with Gasteiger partial charge in [0.2, 0.25) is 0 Å². The lowest BCUT2D eigenvalue weighted by molar-refractivity contribution is -0.139. The highest BCUT2D eigenvalue weighted by Gasteiger charge is 2.33. The molecule has 0 unspecified atom stereocenters. The predicted octanol–water partition coefficient (Wildman–Crippen LogP) is 5.54. The number of aromatic nitrogens is 1. The van der Waals surface area contributed by atoms with E-state index < -0.39 is 12.0 Å². The monoisotopic (exact) mass is 650 g/mol. The van der Waals surface area contributed by atoms with Crippen LogP contribution in [0.4, 0.5) is 0 Å². The number of hydrogen-bond acceptors (Lipinski definition) is 6. The van der Waals surface area contributed by atoms with Crippen LogP contribution in [0.25, 0.3) is 6.08 Å². The zero-order valence-electron chi connectivity index (χ0n) is 19.4. The molecule has 0 fully saturated rings. The molecule has 186 valence electrons. The molecule has 36 heavy (non-hydrogen) atoms. The molecule has 10 heteroatoms. The fourth-order valence-corrected chi connectivity index (χ4v) is 6.47. The van der Waals surface area contributed by atoms with E-state index in [0.717, 1.165) is 20.1 Å². The van der Waals surface area contributed by atoms with Crippen molar-refractivity contribution in [3.8, 4) is 5.75 Å². The van der Waals surface area contributed by atoms with Crippen LogP contribution >= 0.6 is 54.8 Å². The number of carbonyl (C=O) groups excluding carboxylic acids is 1.